The van der Waals surface area contributed by atoms with Gasteiger partial charge in [0.05, 0.1) is 10.5 Å². The molecule has 0 bridgehead atoms. The first-order valence-electron chi connectivity index (χ1n) is 5.61. The summed E-state index contributed by atoms with van der Waals surface area (Å²) in [5.74, 6) is 0.716. The number of oxime groups is 1. The molecule has 0 atom stereocenters. The van der Waals surface area contributed by atoms with E-state index in [9.17, 15) is 10.1 Å². The van der Waals surface area contributed by atoms with Crippen LogP contribution < -0.4 is 10.5 Å². The van der Waals surface area contributed by atoms with E-state index in [0.29, 0.717) is 17.1 Å². The molecule has 7 nitrogen and oxygen atoms in total. The molecule has 0 radical (unpaired) electrons. The second kappa shape index (κ2) is 5.70. The molecule has 3 N–H and O–H groups in total. The highest BCUT2D eigenvalue weighted by molar-refractivity contribution is 5.99. The van der Waals surface area contributed by atoms with E-state index in [1.807, 2.05) is 0 Å². The molecule has 0 heterocycles. The number of nitrogens with zero attached hydrogens (tertiary/aromatic N) is 2. The van der Waals surface area contributed by atoms with Gasteiger partial charge in [-0.3, -0.25) is 10.1 Å². The van der Waals surface area contributed by atoms with Crippen molar-refractivity contribution in [2.75, 3.05) is 0 Å². The minimum Gasteiger partial charge on any atom is -0.457 e. The molecule has 7 heteroatoms. The van der Waals surface area contributed by atoms with Crippen LogP contribution in [-0.4, -0.2) is 16.0 Å². The normalized spacial score (nSPS) is 11.1. The molecule has 102 valence electrons. The predicted molar refractivity (Wildman–Crippen MR) is 72.1 cm³/mol. The predicted octanol–water partition coefficient (Wildman–Crippen LogP) is 2.48. The van der Waals surface area contributed by atoms with E-state index in [-0.39, 0.29) is 11.5 Å². The highest BCUT2D eigenvalue weighted by Crippen LogP contribution is 2.26. The number of benzene rings is 2. The molecule has 0 aliphatic heterocycles. The first-order valence-corrected chi connectivity index (χ1v) is 5.61. The van der Waals surface area contributed by atoms with Crippen molar-refractivity contribution in [2.24, 2.45) is 10.9 Å². The lowest BCUT2D eigenvalue weighted by molar-refractivity contribution is -0.384. The number of nitro benzene ring substituents is 1. The van der Waals surface area contributed by atoms with Gasteiger partial charge in [-0.2, -0.15) is 0 Å². The number of rotatable bonds is 4. The summed E-state index contributed by atoms with van der Waals surface area (Å²) in [7, 11) is 0. The average molecular weight is 273 g/mol. The molecule has 2 rings (SSSR count). The molecule has 0 aliphatic rings. The highest BCUT2D eigenvalue weighted by atomic mass is 16.6. The Morgan fingerprint density at radius 3 is 2.45 bits per heavy atom. The molecule has 20 heavy (non-hydrogen) atoms. The quantitative estimate of drug-likeness (QED) is 0.292. The smallest absolute Gasteiger partial charge is 0.269 e. The zero-order chi connectivity index (χ0) is 14.5. The Morgan fingerprint density at radius 2 is 1.85 bits per heavy atom. The molecular weight excluding hydrogens is 262 g/mol. The van der Waals surface area contributed by atoms with Crippen molar-refractivity contribution in [1.29, 1.82) is 0 Å². The number of nitro groups is 1. The van der Waals surface area contributed by atoms with Crippen molar-refractivity contribution >= 4 is 11.5 Å². The minimum absolute atomic E-state index is 0.0259. The summed E-state index contributed by atoms with van der Waals surface area (Å²) in [4.78, 5) is 10.1. The van der Waals surface area contributed by atoms with Gasteiger partial charge in [-0.1, -0.05) is 17.3 Å². The van der Waals surface area contributed by atoms with E-state index in [2.05, 4.69) is 5.16 Å². The fraction of sp³-hybridized carbons (Fsp3) is 0. The van der Waals surface area contributed by atoms with Gasteiger partial charge < -0.3 is 15.7 Å². The minimum atomic E-state index is -0.492. The molecular formula is C13H11N3O4. The lowest BCUT2D eigenvalue weighted by Crippen LogP contribution is -2.14. The maximum Gasteiger partial charge on any atom is 0.269 e. The Balaban J connectivity index is 2.28. The van der Waals surface area contributed by atoms with Crippen LogP contribution in [0.2, 0.25) is 0 Å². The summed E-state index contributed by atoms with van der Waals surface area (Å²) in [5, 5.41) is 22.2. The van der Waals surface area contributed by atoms with Crippen molar-refractivity contribution in [3.05, 3.63) is 64.2 Å². The molecule has 0 aliphatic carbocycles. The van der Waals surface area contributed by atoms with Gasteiger partial charge in [0.25, 0.3) is 5.69 Å². The van der Waals surface area contributed by atoms with E-state index >= 15 is 0 Å². The number of ether oxygens (including phenoxy) is 1. The third kappa shape index (κ3) is 2.83. The molecule has 0 saturated heterocycles. The van der Waals surface area contributed by atoms with Crippen LogP contribution >= 0.6 is 0 Å². The molecule has 0 spiro atoms. The maximum absolute atomic E-state index is 10.6. The molecule has 0 unspecified atom stereocenters. The number of hydrogen-bond donors (Lipinski definition) is 2. The van der Waals surface area contributed by atoms with Crippen LogP contribution in [0.25, 0.3) is 0 Å². The van der Waals surface area contributed by atoms with Crippen LogP contribution in [0.1, 0.15) is 5.56 Å². The highest BCUT2D eigenvalue weighted by Gasteiger charge is 2.10. The van der Waals surface area contributed by atoms with Crippen LogP contribution in [0.3, 0.4) is 0 Å². The zero-order valence-electron chi connectivity index (χ0n) is 10.3. The summed E-state index contributed by atoms with van der Waals surface area (Å²) in [6.45, 7) is 0. The molecule has 0 amide bonds. The van der Waals surface area contributed by atoms with Gasteiger partial charge in [0.2, 0.25) is 0 Å². The first kappa shape index (κ1) is 13.3. The van der Waals surface area contributed by atoms with Gasteiger partial charge in [0.1, 0.15) is 11.5 Å². The third-order valence-electron chi connectivity index (χ3n) is 2.55. The van der Waals surface area contributed by atoms with Crippen molar-refractivity contribution in [3.63, 3.8) is 0 Å². The van der Waals surface area contributed by atoms with Gasteiger partial charge in [-0.05, 0) is 24.3 Å². The Labute approximate surface area is 114 Å². The van der Waals surface area contributed by atoms with E-state index in [0.717, 1.165) is 0 Å². The van der Waals surface area contributed by atoms with E-state index in [1.165, 1.54) is 24.3 Å². The van der Waals surface area contributed by atoms with E-state index in [4.69, 9.17) is 15.7 Å². The summed E-state index contributed by atoms with van der Waals surface area (Å²) in [6.07, 6.45) is 0. The summed E-state index contributed by atoms with van der Waals surface area (Å²) >= 11 is 0. The van der Waals surface area contributed by atoms with Gasteiger partial charge in [-0.25, -0.2) is 0 Å². The average Bonchev–Trinajstić information content (AvgIpc) is 2.47. The molecule has 2 aromatic rings. The lowest BCUT2D eigenvalue weighted by Gasteiger charge is -2.09. The van der Waals surface area contributed by atoms with Crippen LogP contribution in [0.5, 0.6) is 11.5 Å². The van der Waals surface area contributed by atoms with Crippen molar-refractivity contribution in [3.8, 4) is 11.5 Å². The maximum atomic E-state index is 10.6. The topological polar surface area (TPSA) is 111 Å². The Bertz CT molecular complexity index is 653. The fourth-order valence-electron chi connectivity index (χ4n) is 1.58. The Hall–Kier alpha value is -3.09. The Kier molecular flexibility index (Phi) is 3.80. The van der Waals surface area contributed by atoms with Crippen LogP contribution in [0.15, 0.2) is 53.7 Å². The molecule has 0 saturated carbocycles. The number of hydrogen-bond acceptors (Lipinski definition) is 5. The zero-order valence-corrected chi connectivity index (χ0v) is 10.3. The number of non-ortho nitro benzene ring substituents is 1. The number of para-hydroxylation sites is 1. The van der Waals surface area contributed by atoms with Crippen molar-refractivity contribution in [1.82, 2.24) is 0 Å². The summed E-state index contributed by atoms with van der Waals surface area (Å²) in [5.41, 5.74) is 5.94. The number of nitrogens with two attached hydrogens (primary N) is 1. The van der Waals surface area contributed by atoms with E-state index < -0.39 is 4.92 Å². The van der Waals surface area contributed by atoms with E-state index in [1.54, 1.807) is 24.3 Å². The van der Waals surface area contributed by atoms with Gasteiger partial charge in [0, 0.05) is 12.1 Å². The standard InChI is InChI=1S/C13H11N3O4/c14-13(15-17)11-3-1-2-4-12(11)20-10-7-5-9(6-8-10)16(18)19/h1-8,17H,(H2,14,15). The van der Waals surface area contributed by atoms with Crippen LogP contribution in [0, 0.1) is 10.1 Å². The number of amidine groups is 1. The van der Waals surface area contributed by atoms with Crippen LogP contribution in [-0.2, 0) is 0 Å². The Morgan fingerprint density at radius 1 is 1.20 bits per heavy atom. The second-order valence-corrected chi connectivity index (χ2v) is 3.83. The van der Waals surface area contributed by atoms with Gasteiger partial charge >= 0.3 is 0 Å². The van der Waals surface area contributed by atoms with Crippen LogP contribution in [0.4, 0.5) is 5.69 Å². The second-order valence-electron chi connectivity index (χ2n) is 3.83. The monoisotopic (exact) mass is 273 g/mol. The van der Waals surface area contributed by atoms with Gasteiger partial charge in [0.15, 0.2) is 5.84 Å². The SMILES string of the molecule is N/C(=N\O)c1ccccc1Oc1ccc([N+](=O)[O-])cc1. The molecule has 0 fully saturated rings. The van der Waals surface area contributed by atoms with Gasteiger partial charge in [-0.15, -0.1) is 0 Å². The third-order valence-corrected chi connectivity index (χ3v) is 2.55. The summed E-state index contributed by atoms with van der Waals surface area (Å²) in [6, 6.07) is 12.3. The van der Waals surface area contributed by atoms with Crippen molar-refractivity contribution < 1.29 is 14.9 Å². The lowest BCUT2D eigenvalue weighted by atomic mass is 10.2. The molecule has 0 aromatic heterocycles. The van der Waals surface area contributed by atoms with Crippen molar-refractivity contribution in [2.45, 2.75) is 0 Å². The first-order chi connectivity index (χ1) is 9.61. The fourth-order valence-corrected chi connectivity index (χ4v) is 1.58. The molecule has 2 aromatic carbocycles. The largest absolute Gasteiger partial charge is 0.457 e. The summed E-state index contributed by atoms with van der Waals surface area (Å²) < 4.78 is 5.57.